The lowest BCUT2D eigenvalue weighted by atomic mass is 10.0. The van der Waals surface area contributed by atoms with E-state index in [0.29, 0.717) is 5.56 Å². The van der Waals surface area contributed by atoms with Gasteiger partial charge in [0.25, 0.3) is 11.6 Å². The summed E-state index contributed by atoms with van der Waals surface area (Å²) in [5.74, 6) is -1.58. The second-order valence-electron chi connectivity index (χ2n) is 5.17. The zero-order valence-corrected chi connectivity index (χ0v) is 12.4. The predicted molar refractivity (Wildman–Crippen MR) is 76.3 cm³/mol. The number of benzene rings is 1. The Kier molecular flexibility index (Phi) is 4.67. The number of carboxylic acids is 1. The van der Waals surface area contributed by atoms with Gasteiger partial charge >= 0.3 is 5.97 Å². The molecule has 0 aliphatic carbocycles. The largest absolute Gasteiger partial charge is 0.480 e. The molecule has 0 saturated heterocycles. The molecule has 0 saturated carbocycles. The van der Waals surface area contributed by atoms with E-state index in [0.717, 1.165) is 0 Å². The maximum atomic E-state index is 12.5. The van der Waals surface area contributed by atoms with Crippen molar-refractivity contribution < 1.29 is 19.6 Å². The highest BCUT2D eigenvalue weighted by Crippen LogP contribution is 2.22. The number of rotatable bonds is 5. The quantitative estimate of drug-likeness (QED) is 0.663. The van der Waals surface area contributed by atoms with Gasteiger partial charge in [-0.05, 0) is 39.8 Å². The molecule has 21 heavy (non-hydrogen) atoms. The Morgan fingerprint density at radius 1 is 1.38 bits per heavy atom. The van der Waals surface area contributed by atoms with E-state index < -0.39 is 22.3 Å². The minimum Gasteiger partial charge on any atom is -0.480 e. The van der Waals surface area contributed by atoms with Gasteiger partial charge in [0.1, 0.15) is 5.54 Å². The van der Waals surface area contributed by atoms with Crippen LogP contribution in [0.2, 0.25) is 0 Å². The maximum Gasteiger partial charge on any atom is 0.329 e. The van der Waals surface area contributed by atoms with Crippen LogP contribution in [-0.2, 0) is 4.79 Å². The lowest BCUT2D eigenvalue weighted by Gasteiger charge is -2.34. The first-order chi connectivity index (χ1) is 9.62. The van der Waals surface area contributed by atoms with Gasteiger partial charge in [-0.15, -0.1) is 0 Å². The number of carboxylic acid groups (broad SMARTS) is 1. The van der Waals surface area contributed by atoms with Gasteiger partial charge in [0.05, 0.1) is 4.92 Å². The molecule has 0 bridgehead atoms. The van der Waals surface area contributed by atoms with Crippen LogP contribution in [0.3, 0.4) is 0 Å². The number of likely N-dealkylation sites (N-methyl/N-ethyl adjacent to an activating group) is 1. The van der Waals surface area contributed by atoms with E-state index in [2.05, 4.69) is 0 Å². The molecule has 0 aliphatic heterocycles. The molecule has 1 aromatic carbocycles. The molecule has 1 aromatic rings. The Labute approximate surface area is 122 Å². The summed E-state index contributed by atoms with van der Waals surface area (Å²) >= 11 is 0. The number of aliphatic carboxylic acids is 1. The molecule has 114 valence electrons. The summed E-state index contributed by atoms with van der Waals surface area (Å²) in [6.45, 7) is 6.31. The fourth-order valence-corrected chi connectivity index (χ4v) is 2.06. The molecule has 0 spiro atoms. The van der Waals surface area contributed by atoms with Gasteiger partial charge in [-0.2, -0.15) is 0 Å². The van der Waals surface area contributed by atoms with Gasteiger partial charge in [-0.1, -0.05) is 0 Å². The summed E-state index contributed by atoms with van der Waals surface area (Å²) in [5, 5.41) is 20.0. The summed E-state index contributed by atoms with van der Waals surface area (Å²) in [4.78, 5) is 35.2. The number of carbonyl (C=O) groups excluding carboxylic acids is 1. The molecule has 0 unspecified atom stereocenters. The summed E-state index contributed by atoms with van der Waals surface area (Å²) in [5.41, 5.74) is -0.849. The predicted octanol–water partition coefficient (Wildman–Crippen LogP) is 2.23. The highest BCUT2D eigenvalue weighted by molar-refractivity contribution is 5.98. The van der Waals surface area contributed by atoms with Crippen LogP contribution in [0.5, 0.6) is 0 Å². The molecule has 1 rings (SSSR count). The first-order valence-electron chi connectivity index (χ1n) is 6.43. The van der Waals surface area contributed by atoms with Crippen LogP contribution in [0.25, 0.3) is 0 Å². The number of carbonyl (C=O) groups is 2. The maximum absolute atomic E-state index is 12.5. The highest BCUT2D eigenvalue weighted by atomic mass is 16.6. The van der Waals surface area contributed by atoms with Crippen molar-refractivity contribution in [2.24, 2.45) is 0 Å². The van der Waals surface area contributed by atoms with Gasteiger partial charge in [0.2, 0.25) is 0 Å². The van der Waals surface area contributed by atoms with E-state index in [4.69, 9.17) is 0 Å². The van der Waals surface area contributed by atoms with Gasteiger partial charge in [-0.25, -0.2) is 4.79 Å². The molecule has 0 radical (unpaired) electrons. The topological polar surface area (TPSA) is 101 Å². The molecule has 0 aliphatic rings. The van der Waals surface area contributed by atoms with E-state index in [1.54, 1.807) is 6.92 Å². The summed E-state index contributed by atoms with van der Waals surface area (Å²) in [6.07, 6.45) is 0. The van der Waals surface area contributed by atoms with Crippen LogP contribution in [0.1, 0.15) is 36.7 Å². The average molecular weight is 294 g/mol. The highest BCUT2D eigenvalue weighted by Gasteiger charge is 2.37. The Morgan fingerprint density at radius 3 is 2.33 bits per heavy atom. The second-order valence-corrected chi connectivity index (χ2v) is 5.17. The van der Waals surface area contributed by atoms with E-state index in [1.807, 2.05) is 0 Å². The lowest BCUT2D eigenvalue weighted by Crippen LogP contribution is -2.52. The SMILES string of the molecule is CCN(C(=O)c1ccc([N+](=O)[O-])c(C)c1)C(C)(C)C(=O)O. The molecular weight excluding hydrogens is 276 g/mol. The van der Waals surface area contributed by atoms with Gasteiger partial charge in [-0.3, -0.25) is 14.9 Å². The van der Waals surface area contributed by atoms with Crippen LogP contribution in [0.15, 0.2) is 18.2 Å². The van der Waals surface area contributed by atoms with Crippen LogP contribution < -0.4 is 0 Å². The number of hydrogen-bond acceptors (Lipinski definition) is 4. The number of nitro benzene ring substituents is 1. The zero-order valence-electron chi connectivity index (χ0n) is 12.4. The summed E-state index contributed by atoms with van der Waals surface area (Å²) in [6, 6.07) is 4.00. The third-order valence-corrected chi connectivity index (χ3v) is 3.40. The van der Waals surface area contributed by atoms with E-state index in [1.165, 1.54) is 43.9 Å². The summed E-state index contributed by atoms with van der Waals surface area (Å²) in [7, 11) is 0. The lowest BCUT2D eigenvalue weighted by molar-refractivity contribution is -0.385. The van der Waals surface area contributed by atoms with Crippen molar-refractivity contribution in [3.8, 4) is 0 Å². The van der Waals surface area contributed by atoms with Crippen LogP contribution in [0, 0.1) is 17.0 Å². The zero-order chi connectivity index (χ0) is 16.4. The van der Waals surface area contributed by atoms with Gasteiger partial charge < -0.3 is 10.0 Å². The Hall–Kier alpha value is -2.44. The van der Waals surface area contributed by atoms with Crippen molar-refractivity contribution in [1.82, 2.24) is 4.90 Å². The fraction of sp³-hybridized carbons (Fsp3) is 0.429. The Bertz CT molecular complexity index is 595. The third-order valence-electron chi connectivity index (χ3n) is 3.40. The number of nitrogens with zero attached hydrogens (tertiary/aromatic N) is 2. The molecular formula is C14H18N2O5. The number of nitro groups is 1. The Balaban J connectivity index is 3.21. The summed E-state index contributed by atoms with van der Waals surface area (Å²) < 4.78 is 0. The molecule has 0 atom stereocenters. The van der Waals surface area contributed by atoms with Crippen molar-refractivity contribution in [2.75, 3.05) is 6.54 Å². The first-order valence-corrected chi connectivity index (χ1v) is 6.43. The van der Waals surface area contributed by atoms with E-state index in [9.17, 15) is 24.8 Å². The molecule has 1 amide bonds. The minimum atomic E-state index is -1.36. The van der Waals surface area contributed by atoms with Crippen molar-refractivity contribution in [3.63, 3.8) is 0 Å². The number of aryl methyl sites for hydroxylation is 1. The Morgan fingerprint density at radius 2 is 1.95 bits per heavy atom. The van der Waals surface area contributed by atoms with E-state index in [-0.39, 0.29) is 17.8 Å². The minimum absolute atomic E-state index is 0.0768. The molecule has 1 N–H and O–H groups in total. The standard InChI is InChI=1S/C14H18N2O5/c1-5-15(14(3,4)13(18)19)12(17)10-6-7-11(16(20)21)9(2)8-10/h6-8H,5H2,1-4H3,(H,18,19). The first kappa shape index (κ1) is 16.6. The molecule has 7 nitrogen and oxygen atoms in total. The van der Waals surface area contributed by atoms with Crippen molar-refractivity contribution in [3.05, 3.63) is 39.4 Å². The number of hydrogen-bond donors (Lipinski definition) is 1. The fourth-order valence-electron chi connectivity index (χ4n) is 2.06. The number of amides is 1. The van der Waals surface area contributed by atoms with Crippen molar-refractivity contribution >= 4 is 17.6 Å². The third kappa shape index (κ3) is 3.18. The second kappa shape index (κ2) is 5.90. The van der Waals surface area contributed by atoms with Crippen molar-refractivity contribution in [2.45, 2.75) is 33.2 Å². The van der Waals surface area contributed by atoms with Gasteiger partial charge in [0, 0.05) is 23.7 Å². The van der Waals surface area contributed by atoms with Crippen molar-refractivity contribution in [1.29, 1.82) is 0 Å². The molecule has 0 fully saturated rings. The van der Waals surface area contributed by atoms with Crippen LogP contribution in [0.4, 0.5) is 5.69 Å². The smallest absolute Gasteiger partial charge is 0.329 e. The monoisotopic (exact) mass is 294 g/mol. The average Bonchev–Trinajstić information content (AvgIpc) is 2.38. The molecule has 0 heterocycles. The molecule has 7 heteroatoms. The van der Waals surface area contributed by atoms with Crippen LogP contribution in [-0.4, -0.2) is 38.9 Å². The van der Waals surface area contributed by atoms with Crippen LogP contribution >= 0.6 is 0 Å². The van der Waals surface area contributed by atoms with Gasteiger partial charge in [0.15, 0.2) is 0 Å². The van der Waals surface area contributed by atoms with E-state index >= 15 is 0 Å². The molecule has 0 aromatic heterocycles. The normalized spacial score (nSPS) is 11.0.